The summed E-state index contributed by atoms with van der Waals surface area (Å²) in [7, 11) is 0. The number of amides is 2. The van der Waals surface area contributed by atoms with E-state index >= 15 is 0 Å². The van der Waals surface area contributed by atoms with Crippen molar-refractivity contribution in [2.75, 3.05) is 24.7 Å². The molecule has 0 radical (unpaired) electrons. The van der Waals surface area contributed by atoms with E-state index in [0.717, 1.165) is 35.1 Å². The SMILES string of the molecule is NC(=O)N1CCCc2cc(-c3cncc(C4(O)COC4)c3)cnc21. The molecule has 124 valence electrons. The van der Waals surface area contributed by atoms with E-state index in [2.05, 4.69) is 9.97 Å². The lowest BCUT2D eigenvalue weighted by Crippen LogP contribution is -2.46. The fraction of sp³-hybridized carbons (Fsp3) is 0.353. The maximum atomic E-state index is 11.5. The Balaban J connectivity index is 1.71. The van der Waals surface area contributed by atoms with Crippen LogP contribution in [0.5, 0.6) is 0 Å². The van der Waals surface area contributed by atoms with Gasteiger partial charge in [-0.05, 0) is 30.5 Å². The lowest BCUT2D eigenvalue weighted by atomic mass is 9.91. The molecule has 2 aliphatic heterocycles. The first-order valence-corrected chi connectivity index (χ1v) is 7.89. The number of anilines is 1. The third-order valence-electron chi connectivity index (χ3n) is 4.58. The molecule has 0 bridgehead atoms. The average Bonchev–Trinajstić information content (AvgIpc) is 2.58. The molecule has 24 heavy (non-hydrogen) atoms. The molecule has 7 nitrogen and oxygen atoms in total. The molecular formula is C17H18N4O3. The standard InChI is InChI=1S/C17H18N4O3/c18-16(22)21-3-1-2-11-4-12(7-20-15(11)21)13-5-14(8-19-6-13)17(23)9-24-10-17/h4-8,23H,1-3,9-10H2,(H2,18,22). The number of pyridine rings is 2. The van der Waals surface area contributed by atoms with E-state index in [-0.39, 0.29) is 13.2 Å². The van der Waals surface area contributed by atoms with Crippen LogP contribution in [0.4, 0.5) is 10.6 Å². The second kappa shape index (κ2) is 5.54. The summed E-state index contributed by atoms with van der Waals surface area (Å²) in [6, 6.07) is 3.44. The number of hydrogen-bond acceptors (Lipinski definition) is 5. The maximum Gasteiger partial charge on any atom is 0.320 e. The molecule has 0 spiro atoms. The summed E-state index contributed by atoms with van der Waals surface area (Å²) in [5.41, 5.74) is 7.98. The van der Waals surface area contributed by atoms with Gasteiger partial charge >= 0.3 is 6.03 Å². The molecular weight excluding hydrogens is 308 g/mol. The van der Waals surface area contributed by atoms with Crippen molar-refractivity contribution in [1.29, 1.82) is 0 Å². The molecule has 4 rings (SSSR count). The Morgan fingerprint density at radius 3 is 2.75 bits per heavy atom. The third-order valence-corrected chi connectivity index (χ3v) is 4.58. The van der Waals surface area contributed by atoms with Crippen molar-refractivity contribution in [2.24, 2.45) is 5.73 Å². The Morgan fingerprint density at radius 1 is 1.25 bits per heavy atom. The van der Waals surface area contributed by atoms with Crippen LogP contribution in [0.15, 0.2) is 30.7 Å². The number of carbonyl (C=O) groups is 1. The molecule has 3 N–H and O–H groups in total. The second-order valence-corrected chi connectivity index (χ2v) is 6.29. The van der Waals surface area contributed by atoms with Gasteiger partial charge in [-0.2, -0.15) is 0 Å². The minimum absolute atomic E-state index is 0.286. The molecule has 1 fully saturated rings. The number of hydrogen-bond donors (Lipinski definition) is 2. The molecule has 7 heteroatoms. The van der Waals surface area contributed by atoms with Gasteiger partial charge in [0.1, 0.15) is 11.4 Å². The number of fused-ring (bicyclic) bond motifs is 1. The highest BCUT2D eigenvalue weighted by Gasteiger charge is 2.38. The summed E-state index contributed by atoms with van der Waals surface area (Å²) < 4.78 is 5.11. The summed E-state index contributed by atoms with van der Waals surface area (Å²) >= 11 is 0. The number of nitrogens with zero attached hydrogens (tertiary/aromatic N) is 3. The van der Waals surface area contributed by atoms with Crippen LogP contribution in [-0.2, 0) is 16.8 Å². The molecule has 0 saturated carbocycles. The van der Waals surface area contributed by atoms with Crippen LogP contribution < -0.4 is 10.6 Å². The van der Waals surface area contributed by atoms with Crippen LogP contribution >= 0.6 is 0 Å². The molecule has 2 aliphatic rings. The van der Waals surface area contributed by atoms with E-state index in [1.54, 1.807) is 18.6 Å². The van der Waals surface area contributed by atoms with Crippen LogP contribution in [0.2, 0.25) is 0 Å². The molecule has 2 aromatic heterocycles. The zero-order valence-corrected chi connectivity index (χ0v) is 13.1. The average molecular weight is 326 g/mol. The first kappa shape index (κ1) is 15.0. The Morgan fingerprint density at radius 2 is 2.04 bits per heavy atom. The van der Waals surface area contributed by atoms with Crippen LogP contribution in [0.3, 0.4) is 0 Å². The molecule has 1 saturated heterocycles. The normalized spacial score (nSPS) is 18.6. The molecule has 4 heterocycles. The Kier molecular flexibility index (Phi) is 3.47. The Bertz CT molecular complexity index is 804. The van der Waals surface area contributed by atoms with Crippen molar-refractivity contribution < 1.29 is 14.6 Å². The highest BCUT2D eigenvalue weighted by atomic mass is 16.5. The van der Waals surface area contributed by atoms with Crippen LogP contribution in [-0.4, -0.2) is 40.9 Å². The van der Waals surface area contributed by atoms with E-state index in [0.29, 0.717) is 12.4 Å². The quantitative estimate of drug-likeness (QED) is 0.863. The van der Waals surface area contributed by atoms with E-state index < -0.39 is 11.6 Å². The molecule has 2 amide bonds. The number of rotatable bonds is 2. The van der Waals surface area contributed by atoms with Crippen molar-refractivity contribution in [1.82, 2.24) is 9.97 Å². The Hall–Kier alpha value is -2.51. The summed E-state index contributed by atoms with van der Waals surface area (Å²) in [5.74, 6) is 0.632. The van der Waals surface area contributed by atoms with Crippen molar-refractivity contribution in [3.05, 3.63) is 41.9 Å². The van der Waals surface area contributed by atoms with Gasteiger partial charge in [0, 0.05) is 41.8 Å². The third kappa shape index (κ3) is 2.42. The van der Waals surface area contributed by atoms with Crippen molar-refractivity contribution in [2.45, 2.75) is 18.4 Å². The number of nitrogens with two attached hydrogens (primary N) is 1. The molecule has 0 unspecified atom stereocenters. The monoisotopic (exact) mass is 326 g/mol. The van der Waals surface area contributed by atoms with Crippen LogP contribution in [0.1, 0.15) is 17.5 Å². The molecule has 2 aromatic rings. The van der Waals surface area contributed by atoms with Gasteiger partial charge in [0.15, 0.2) is 0 Å². The smallest absolute Gasteiger partial charge is 0.320 e. The molecule has 0 atom stereocenters. The molecule has 0 aromatic carbocycles. The highest BCUT2D eigenvalue weighted by molar-refractivity contribution is 5.91. The van der Waals surface area contributed by atoms with E-state index in [4.69, 9.17) is 10.5 Å². The summed E-state index contributed by atoms with van der Waals surface area (Å²) in [6.07, 6.45) is 6.82. The van der Waals surface area contributed by atoms with Gasteiger partial charge in [-0.15, -0.1) is 0 Å². The van der Waals surface area contributed by atoms with E-state index in [9.17, 15) is 9.90 Å². The lowest BCUT2D eigenvalue weighted by molar-refractivity contribution is -0.184. The number of ether oxygens (including phenoxy) is 1. The van der Waals surface area contributed by atoms with Gasteiger partial charge < -0.3 is 15.6 Å². The zero-order chi connectivity index (χ0) is 16.7. The van der Waals surface area contributed by atoms with Crippen molar-refractivity contribution >= 4 is 11.8 Å². The predicted molar refractivity (Wildman–Crippen MR) is 87.4 cm³/mol. The summed E-state index contributed by atoms with van der Waals surface area (Å²) in [5, 5.41) is 10.4. The maximum absolute atomic E-state index is 11.5. The largest absolute Gasteiger partial charge is 0.380 e. The first-order valence-electron chi connectivity index (χ1n) is 7.89. The first-order chi connectivity index (χ1) is 11.6. The van der Waals surface area contributed by atoms with Crippen LogP contribution in [0.25, 0.3) is 11.1 Å². The highest BCUT2D eigenvalue weighted by Crippen LogP contribution is 2.33. The zero-order valence-electron chi connectivity index (χ0n) is 13.1. The number of primary amides is 1. The van der Waals surface area contributed by atoms with Gasteiger partial charge in [-0.1, -0.05) is 0 Å². The van der Waals surface area contributed by atoms with Crippen molar-refractivity contribution in [3.8, 4) is 11.1 Å². The number of aryl methyl sites for hydroxylation is 1. The summed E-state index contributed by atoms with van der Waals surface area (Å²) in [6.45, 7) is 1.17. The van der Waals surface area contributed by atoms with Gasteiger partial charge in [0.05, 0.1) is 13.2 Å². The lowest BCUT2D eigenvalue weighted by Gasteiger charge is -2.36. The minimum Gasteiger partial charge on any atom is -0.380 e. The number of urea groups is 1. The number of aliphatic hydroxyl groups is 1. The predicted octanol–water partition coefficient (Wildman–Crippen LogP) is 1.19. The second-order valence-electron chi connectivity index (χ2n) is 6.29. The summed E-state index contributed by atoms with van der Waals surface area (Å²) in [4.78, 5) is 21.7. The minimum atomic E-state index is -0.951. The number of aromatic nitrogens is 2. The van der Waals surface area contributed by atoms with Crippen LogP contribution in [0, 0.1) is 0 Å². The fourth-order valence-electron chi connectivity index (χ4n) is 3.15. The van der Waals surface area contributed by atoms with Gasteiger partial charge in [-0.3, -0.25) is 9.88 Å². The van der Waals surface area contributed by atoms with E-state index in [1.165, 1.54) is 4.90 Å². The van der Waals surface area contributed by atoms with Gasteiger partial charge in [0.25, 0.3) is 0 Å². The fourth-order valence-corrected chi connectivity index (χ4v) is 3.15. The topological polar surface area (TPSA) is 102 Å². The number of carbonyl (C=O) groups excluding carboxylic acids is 1. The van der Waals surface area contributed by atoms with E-state index in [1.807, 2.05) is 12.1 Å². The van der Waals surface area contributed by atoms with Crippen molar-refractivity contribution in [3.63, 3.8) is 0 Å². The van der Waals surface area contributed by atoms with Gasteiger partial charge in [0.2, 0.25) is 0 Å². The molecule has 0 aliphatic carbocycles. The Labute approximate surface area is 139 Å². The van der Waals surface area contributed by atoms with Gasteiger partial charge in [-0.25, -0.2) is 9.78 Å².